The number of hydrogen-bond donors (Lipinski definition) is 1. The van der Waals surface area contributed by atoms with E-state index in [1.807, 2.05) is 170 Å². The van der Waals surface area contributed by atoms with Gasteiger partial charge in [0.25, 0.3) is 11.1 Å². The Morgan fingerprint density at radius 2 is 0.738 bits per heavy atom. The average molecular weight is 1510 g/mol. The Labute approximate surface area is 638 Å². The summed E-state index contributed by atoms with van der Waals surface area (Å²) in [6.07, 6.45) is 4.41. The molecule has 107 heavy (non-hydrogen) atoms. The molecule has 0 fully saturated rings. The topological polar surface area (TPSA) is 191 Å². The number of aliphatic hydroxyl groups is 1. The van der Waals surface area contributed by atoms with Crippen molar-refractivity contribution in [2.75, 3.05) is 66.4 Å². The monoisotopic (exact) mass is 1510 g/mol. The normalized spacial score (nSPS) is 12.4. The number of aryl methyl sites for hydroxylation is 4. The number of methoxy groups -OCH3 is 4. The van der Waals surface area contributed by atoms with E-state index in [1.165, 1.54) is 4.57 Å². The van der Waals surface area contributed by atoms with Crippen molar-refractivity contribution in [3.63, 3.8) is 0 Å². The van der Waals surface area contributed by atoms with E-state index in [9.17, 15) is 24.3 Å². The molecule has 0 amide bonds. The van der Waals surface area contributed by atoms with Gasteiger partial charge in [0.1, 0.15) is 47.7 Å². The van der Waals surface area contributed by atoms with E-state index in [4.69, 9.17) is 42.3 Å². The van der Waals surface area contributed by atoms with Crippen molar-refractivity contribution < 1.29 is 47.4 Å². The number of hydrogen-bond acceptors (Lipinski definition) is 16. The molecule has 0 aliphatic carbocycles. The summed E-state index contributed by atoms with van der Waals surface area (Å²) in [6.45, 7) is 17.0. The lowest BCUT2D eigenvalue weighted by Crippen LogP contribution is -2.42. The number of aromatic nitrogens is 4. The standard InChI is InChI=1S/C46H58N2O7SSi.C40H44N2O7S/c1-35-31-47(44(50)48(43(35)49)34-53-32-36-15-11-9-12-16-36)28-27-42(56-30-29-55-57(7,8)45(2,3)4)33-54-46(37-17-13-10-14-18-37,38-19-23-40(51-5)24-20-38)39-21-25-41(52-6)26-22-39;1-30-26-41(39(45)42(38(30)44)29-48-27-31-10-6-4-7-11-31)23-22-37(50-25-24-43)28-49-40(32-12-8-5-9-13-32,33-14-18-35(46-2)19-15-33)34-16-20-36(47-3)21-17-34/h9-26,31,42H,27-30,32-34H2,1-8H3;4-21,26,37,43H,22-25,27-29H2,1-3H3. The molecular formula is C86H102N4O14S2Si. The summed E-state index contributed by atoms with van der Waals surface area (Å²) in [5, 5.41) is 9.72. The molecule has 2 aromatic heterocycles. The van der Waals surface area contributed by atoms with Gasteiger partial charge in [-0.05, 0) is 138 Å². The second-order valence-electron chi connectivity index (χ2n) is 27.5. The third kappa shape index (κ3) is 21.5. The first-order valence-electron chi connectivity index (χ1n) is 36.0. The average Bonchev–Trinajstić information content (AvgIpc) is 0.758. The first-order valence-corrected chi connectivity index (χ1v) is 41.0. The molecule has 2 unspecified atom stereocenters. The summed E-state index contributed by atoms with van der Waals surface area (Å²) in [5.74, 6) is 4.21. The Bertz CT molecular complexity index is 4500. The molecule has 21 heteroatoms. The summed E-state index contributed by atoms with van der Waals surface area (Å²) in [5.41, 5.74) is 4.90. The molecular weight excluding hydrogens is 1410 g/mol. The van der Waals surface area contributed by atoms with Crippen LogP contribution in [0.2, 0.25) is 18.1 Å². The third-order valence-corrected chi connectivity index (χ3v) is 26.4. The summed E-state index contributed by atoms with van der Waals surface area (Å²) in [6, 6.07) is 71.4. The van der Waals surface area contributed by atoms with Gasteiger partial charge in [-0.25, -0.2) is 18.7 Å². The predicted molar refractivity (Wildman–Crippen MR) is 430 cm³/mol. The molecule has 0 aliphatic rings. The van der Waals surface area contributed by atoms with Crippen molar-refractivity contribution in [2.45, 2.75) is 127 Å². The highest BCUT2D eigenvalue weighted by Gasteiger charge is 2.41. The maximum atomic E-state index is 13.8. The van der Waals surface area contributed by atoms with Crippen molar-refractivity contribution in [3.8, 4) is 23.0 Å². The number of benzene rings is 8. The van der Waals surface area contributed by atoms with E-state index in [-0.39, 0.29) is 53.3 Å². The number of aliphatic hydroxyl groups excluding tert-OH is 1. The van der Waals surface area contributed by atoms with Crippen LogP contribution in [0.3, 0.4) is 0 Å². The molecule has 0 aliphatic heterocycles. The van der Waals surface area contributed by atoms with E-state index in [0.717, 1.165) is 77.8 Å². The van der Waals surface area contributed by atoms with Crippen molar-refractivity contribution in [1.82, 2.24) is 18.3 Å². The van der Waals surface area contributed by atoms with Crippen LogP contribution in [0.5, 0.6) is 23.0 Å². The zero-order valence-electron chi connectivity index (χ0n) is 63.4. The number of nitrogens with zero attached hydrogens (tertiary/aromatic N) is 4. The number of thioether (sulfide) groups is 2. The van der Waals surface area contributed by atoms with Crippen LogP contribution in [0, 0.1) is 13.8 Å². The Morgan fingerprint density at radius 1 is 0.430 bits per heavy atom. The Balaban J connectivity index is 0.000000249. The minimum absolute atomic E-state index is 0.00461. The first-order chi connectivity index (χ1) is 51.7. The molecule has 10 rings (SSSR count). The van der Waals surface area contributed by atoms with Crippen LogP contribution in [0.15, 0.2) is 250 Å². The van der Waals surface area contributed by atoms with Crippen LogP contribution in [0.25, 0.3) is 0 Å². The molecule has 2 atom stereocenters. The first kappa shape index (κ1) is 82.1. The Morgan fingerprint density at radius 3 is 1.05 bits per heavy atom. The van der Waals surface area contributed by atoms with Gasteiger partial charge in [0.2, 0.25) is 0 Å². The van der Waals surface area contributed by atoms with E-state index < -0.39 is 30.9 Å². The van der Waals surface area contributed by atoms with Crippen molar-refractivity contribution >= 4 is 31.8 Å². The molecule has 0 radical (unpaired) electrons. The van der Waals surface area contributed by atoms with E-state index in [1.54, 1.807) is 87.3 Å². The second-order valence-corrected chi connectivity index (χ2v) is 35.1. The van der Waals surface area contributed by atoms with Gasteiger partial charge in [0.05, 0.1) is 61.5 Å². The molecule has 10 aromatic rings. The van der Waals surface area contributed by atoms with Gasteiger partial charge in [-0.15, -0.1) is 0 Å². The van der Waals surface area contributed by atoms with E-state index in [2.05, 4.69) is 82.4 Å². The summed E-state index contributed by atoms with van der Waals surface area (Å²) in [4.78, 5) is 53.5. The minimum atomic E-state index is -1.96. The molecule has 566 valence electrons. The quantitative estimate of drug-likeness (QED) is 0.0218. The van der Waals surface area contributed by atoms with Crippen LogP contribution in [-0.4, -0.2) is 109 Å². The third-order valence-electron chi connectivity index (χ3n) is 19.3. The van der Waals surface area contributed by atoms with E-state index >= 15 is 0 Å². The zero-order chi connectivity index (χ0) is 76.4. The van der Waals surface area contributed by atoms with E-state index in [0.29, 0.717) is 69.2 Å². The smallest absolute Gasteiger partial charge is 0.332 e. The second kappa shape index (κ2) is 39.7. The molecule has 0 bridgehead atoms. The molecule has 0 saturated carbocycles. The Hall–Kier alpha value is -9.00. The SMILES string of the molecule is COc1ccc(C(OCC(CCn2cc(C)c(=O)n(COCc3ccccc3)c2=O)SCCO)(c2ccccc2)c2ccc(OC)cc2)cc1.COc1ccc(C(OCC(CCn2cc(C)c(=O)n(COCc3ccccc3)c2=O)SCCO[Si](C)(C)C(C)(C)C)(c2ccccc2)c2ccc(OC)cc2)cc1. The lowest BCUT2D eigenvalue weighted by atomic mass is 9.80. The highest BCUT2D eigenvalue weighted by Crippen LogP contribution is 2.45. The maximum absolute atomic E-state index is 13.8. The maximum Gasteiger partial charge on any atom is 0.332 e. The molecule has 1 N–H and O–H groups in total. The number of rotatable bonds is 38. The fraction of sp³-hybridized carbons (Fsp3) is 0.349. The fourth-order valence-electron chi connectivity index (χ4n) is 12.3. The lowest BCUT2D eigenvalue weighted by Gasteiger charge is -2.37. The Kier molecular flexibility index (Phi) is 30.5. The summed E-state index contributed by atoms with van der Waals surface area (Å²) >= 11 is 3.37. The fourth-order valence-corrected chi connectivity index (χ4v) is 15.3. The van der Waals surface area contributed by atoms with Gasteiger partial charge >= 0.3 is 11.4 Å². The van der Waals surface area contributed by atoms with Crippen LogP contribution >= 0.6 is 23.5 Å². The van der Waals surface area contributed by atoms with Crippen LogP contribution in [-0.2, 0) is 74.3 Å². The molecule has 0 spiro atoms. The summed E-state index contributed by atoms with van der Waals surface area (Å²) < 4.78 is 60.2. The van der Waals surface area contributed by atoms with Gasteiger partial charge < -0.3 is 56.6 Å². The van der Waals surface area contributed by atoms with Crippen molar-refractivity contribution in [3.05, 3.63) is 328 Å². The van der Waals surface area contributed by atoms with Gasteiger partial charge in [-0.3, -0.25) is 9.59 Å². The van der Waals surface area contributed by atoms with Crippen LogP contribution in [0.4, 0.5) is 0 Å². The highest BCUT2D eigenvalue weighted by molar-refractivity contribution is 8.00. The summed E-state index contributed by atoms with van der Waals surface area (Å²) in [7, 11) is 4.64. The molecule has 18 nitrogen and oxygen atoms in total. The zero-order valence-corrected chi connectivity index (χ0v) is 66.0. The molecule has 0 saturated heterocycles. The lowest BCUT2D eigenvalue weighted by molar-refractivity contribution is 0.0125. The predicted octanol–water partition coefficient (Wildman–Crippen LogP) is 15.0. The van der Waals surface area contributed by atoms with Gasteiger partial charge in [0, 0.05) is 65.2 Å². The van der Waals surface area contributed by atoms with Gasteiger partial charge in [0.15, 0.2) is 8.32 Å². The van der Waals surface area contributed by atoms with Crippen LogP contribution < -0.4 is 41.4 Å². The molecule has 2 heterocycles. The van der Waals surface area contributed by atoms with Crippen LogP contribution in [0.1, 0.15) is 89.2 Å². The van der Waals surface area contributed by atoms with Gasteiger partial charge in [-0.2, -0.15) is 23.5 Å². The highest BCUT2D eigenvalue weighted by atomic mass is 32.2. The number of ether oxygens (including phenoxy) is 8. The van der Waals surface area contributed by atoms with Crippen molar-refractivity contribution in [1.29, 1.82) is 0 Å². The van der Waals surface area contributed by atoms with Gasteiger partial charge in [-0.1, -0.05) is 191 Å². The molecule has 8 aromatic carbocycles. The van der Waals surface area contributed by atoms with Crippen molar-refractivity contribution in [2.24, 2.45) is 0 Å². The largest absolute Gasteiger partial charge is 0.497 e. The minimum Gasteiger partial charge on any atom is -0.497 e.